The average molecular weight is 219 g/mol. The van der Waals surface area contributed by atoms with Gasteiger partial charge in [0.05, 0.1) is 0 Å². The zero-order valence-electron chi connectivity index (χ0n) is 9.62. The van der Waals surface area contributed by atoms with Crippen molar-refractivity contribution in [3.63, 3.8) is 0 Å². The topological polar surface area (TPSA) is 12.0 Å². The van der Waals surface area contributed by atoms with Gasteiger partial charge in [0.25, 0.3) is 0 Å². The first-order valence-corrected chi connectivity index (χ1v) is 5.89. The molecule has 1 aliphatic carbocycles. The van der Waals surface area contributed by atoms with Gasteiger partial charge in [-0.15, -0.1) is 0 Å². The Balaban J connectivity index is 1.71. The van der Waals surface area contributed by atoms with Crippen LogP contribution in [0, 0.1) is 11.7 Å². The average Bonchev–Trinajstić information content (AvgIpc) is 2.24. The van der Waals surface area contributed by atoms with Crippen LogP contribution >= 0.6 is 0 Å². The van der Waals surface area contributed by atoms with Crippen molar-refractivity contribution < 1.29 is 4.39 Å². The summed E-state index contributed by atoms with van der Waals surface area (Å²) < 4.78 is 12.6. The van der Waals surface area contributed by atoms with Crippen LogP contribution in [0.4, 0.5) is 4.39 Å². The number of halogens is 1. The minimum Gasteiger partial charge on any atom is -0.310 e. The molecule has 0 atom stereocenters. The molecule has 0 radical (unpaired) electrons. The first-order chi connectivity index (χ1) is 7.74. The third-order valence-corrected chi connectivity index (χ3v) is 3.08. The summed E-state index contributed by atoms with van der Waals surface area (Å²) in [6.45, 7) is 3.18. The van der Waals surface area contributed by atoms with Crippen molar-refractivity contribution in [2.45, 2.75) is 25.8 Å². The summed E-state index contributed by atoms with van der Waals surface area (Å²) in [4.78, 5) is 0. The maximum absolute atomic E-state index is 12.6. The Morgan fingerprint density at radius 1 is 1.31 bits per heavy atom. The molecule has 2 heteroatoms. The molecule has 1 aromatic carbocycles. The maximum atomic E-state index is 12.6. The fraction of sp³-hybridized carbons (Fsp3) is 0.429. The van der Waals surface area contributed by atoms with Crippen LogP contribution in [0.15, 0.2) is 30.3 Å². The van der Waals surface area contributed by atoms with Crippen molar-refractivity contribution in [1.29, 1.82) is 0 Å². The molecule has 1 fully saturated rings. The highest BCUT2D eigenvalue weighted by molar-refractivity contribution is 5.48. The lowest BCUT2D eigenvalue weighted by atomic mass is 9.82. The summed E-state index contributed by atoms with van der Waals surface area (Å²) in [5.74, 6) is 0.706. The zero-order valence-corrected chi connectivity index (χ0v) is 9.62. The molecule has 1 saturated carbocycles. The van der Waals surface area contributed by atoms with Gasteiger partial charge >= 0.3 is 0 Å². The summed E-state index contributed by atoms with van der Waals surface area (Å²) in [5, 5.41) is 3.47. The van der Waals surface area contributed by atoms with Crippen molar-refractivity contribution >= 4 is 6.08 Å². The van der Waals surface area contributed by atoms with Crippen molar-refractivity contribution in [3.05, 3.63) is 41.7 Å². The summed E-state index contributed by atoms with van der Waals surface area (Å²) in [7, 11) is 0. The third kappa shape index (κ3) is 3.17. The van der Waals surface area contributed by atoms with Crippen molar-refractivity contribution in [2.24, 2.45) is 5.92 Å². The SMILES string of the molecule is CC1CC(NC/C=C/c2ccc(F)cc2)C1. The van der Waals surface area contributed by atoms with Gasteiger partial charge in [0.2, 0.25) is 0 Å². The lowest BCUT2D eigenvalue weighted by molar-refractivity contribution is 0.248. The minimum absolute atomic E-state index is 0.182. The summed E-state index contributed by atoms with van der Waals surface area (Å²) in [6.07, 6.45) is 6.71. The normalized spacial score (nSPS) is 24.6. The Bertz CT molecular complexity index is 350. The Labute approximate surface area is 96.4 Å². The van der Waals surface area contributed by atoms with Crippen molar-refractivity contribution in [2.75, 3.05) is 6.54 Å². The molecule has 1 nitrogen and oxygen atoms in total. The molecule has 16 heavy (non-hydrogen) atoms. The van der Waals surface area contributed by atoms with E-state index >= 15 is 0 Å². The summed E-state index contributed by atoms with van der Waals surface area (Å²) >= 11 is 0. The van der Waals surface area contributed by atoms with Crippen LogP contribution in [0.25, 0.3) is 6.08 Å². The Morgan fingerprint density at radius 3 is 2.62 bits per heavy atom. The fourth-order valence-corrected chi connectivity index (χ4v) is 2.07. The molecular formula is C14H18FN. The number of nitrogens with one attached hydrogen (secondary N) is 1. The number of rotatable bonds is 4. The largest absolute Gasteiger partial charge is 0.310 e. The predicted octanol–water partition coefficient (Wildman–Crippen LogP) is 3.23. The van der Waals surface area contributed by atoms with Crippen LogP contribution in [0.5, 0.6) is 0 Å². The van der Waals surface area contributed by atoms with Crippen molar-refractivity contribution in [1.82, 2.24) is 5.32 Å². The molecule has 86 valence electrons. The Morgan fingerprint density at radius 2 is 2.00 bits per heavy atom. The minimum atomic E-state index is -0.182. The molecule has 0 heterocycles. The van der Waals surface area contributed by atoms with E-state index in [0.29, 0.717) is 6.04 Å². The van der Waals surface area contributed by atoms with Crippen LogP contribution in [-0.2, 0) is 0 Å². The second-order valence-electron chi connectivity index (χ2n) is 4.64. The van der Waals surface area contributed by atoms with Crippen LogP contribution in [0.1, 0.15) is 25.3 Å². The van der Waals surface area contributed by atoms with E-state index in [1.165, 1.54) is 25.0 Å². The predicted molar refractivity (Wildman–Crippen MR) is 65.6 cm³/mol. The molecule has 0 bridgehead atoms. The molecular weight excluding hydrogens is 201 g/mol. The molecule has 2 rings (SSSR count). The van der Waals surface area contributed by atoms with Gasteiger partial charge in [-0.1, -0.05) is 31.2 Å². The Hall–Kier alpha value is -1.15. The first kappa shape index (κ1) is 11.3. The van der Waals surface area contributed by atoms with Gasteiger partial charge in [0, 0.05) is 12.6 Å². The number of hydrogen-bond donors (Lipinski definition) is 1. The number of hydrogen-bond acceptors (Lipinski definition) is 1. The highest BCUT2D eigenvalue weighted by atomic mass is 19.1. The highest BCUT2D eigenvalue weighted by Gasteiger charge is 2.23. The van der Waals surface area contributed by atoms with Gasteiger partial charge in [-0.25, -0.2) is 4.39 Å². The standard InChI is InChI=1S/C14H18FN/c1-11-9-14(10-11)16-8-2-3-12-4-6-13(15)7-5-12/h2-7,11,14,16H,8-10H2,1H3/b3-2+. The van der Waals surface area contributed by atoms with E-state index in [1.54, 1.807) is 12.1 Å². The van der Waals surface area contributed by atoms with Crippen LogP contribution < -0.4 is 5.32 Å². The Kier molecular flexibility index (Phi) is 3.73. The molecule has 0 amide bonds. The highest BCUT2D eigenvalue weighted by Crippen LogP contribution is 2.25. The number of benzene rings is 1. The molecule has 0 saturated heterocycles. The van der Waals surface area contributed by atoms with E-state index in [4.69, 9.17) is 0 Å². The van der Waals surface area contributed by atoms with Crippen LogP contribution in [0.3, 0.4) is 0 Å². The molecule has 1 aromatic rings. The van der Waals surface area contributed by atoms with E-state index in [2.05, 4.69) is 18.3 Å². The second kappa shape index (κ2) is 5.26. The van der Waals surface area contributed by atoms with Gasteiger partial charge in [0.15, 0.2) is 0 Å². The molecule has 1 N–H and O–H groups in total. The van der Waals surface area contributed by atoms with E-state index in [9.17, 15) is 4.39 Å². The summed E-state index contributed by atoms with van der Waals surface area (Å²) in [6, 6.07) is 7.25. The second-order valence-corrected chi connectivity index (χ2v) is 4.64. The zero-order chi connectivity index (χ0) is 11.4. The van der Waals surface area contributed by atoms with Gasteiger partial charge < -0.3 is 5.32 Å². The van der Waals surface area contributed by atoms with Gasteiger partial charge in [-0.05, 0) is 36.5 Å². The smallest absolute Gasteiger partial charge is 0.123 e. The van der Waals surface area contributed by atoms with E-state index in [-0.39, 0.29) is 5.82 Å². The fourth-order valence-electron chi connectivity index (χ4n) is 2.07. The lowest BCUT2D eigenvalue weighted by Gasteiger charge is -2.33. The quantitative estimate of drug-likeness (QED) is 0.819. The third-order valence-electron chi connectivity index (χ3n) is 3.08. The van der Waals surface area contributed by atoms with Crippen LogP contribution in [-0.4, -0.2) is 12.6 Å². The van der Waals surface area contributed by atoms with Gasteiger partial charge in [-0.3, -0.25) is 0 Å². The lowest BCUT2D eigenvalue weighted by Crippen LogP contribution is -2.39. The summed E-state index contributed by atoms with van der Waals surface area (Å²) in [5.41, 5.74) is 1.05. The first-order valence-electron chi connectivity index (χ1n) is 5.89. The van der Waals surface area contributed by atoms with E-state index < -0.39 is 0 Å². The maximum Gasteiger partial charge on any atom is 0.123 e. The molecule has 0 unspecified atom stereocenters. The van der Waals surface area contributed by atoms with E-state index in [0.717, 1.165) is 18.0 Å². The molecule has 0 aliphatic heterocycles. The van der Waals surface area contributed by atoms with Crippen molar-refractivity contribution in [3.8, 4) is 0 Å². The molecule has 0 spiro atoms. The molecule has 0 aromatic heterocycles. The molecule has 1 aliphatic rings. The van der Waals surface area contributed by atoms with E-state index in [1.807, 2.05) is 6.08 Å². The monoisotopic (exact) mass is 219 g/mol. The van der Waals surface area contributed by atoms with Gasteiger partial charge in [-0.2, -0.15) is 0 Å². The van der Waals surface area contributed by atoms with Crippen LogP contribution in [0.2, 0.25) is 0 Å². The van der Waals surface area contributed by atoms with Gasteiger partial charge in [0.1, 0.15) is 5.82 Å².